The van der Waals surface area contributed by atoms with Crippen LogP contribution in [0.1, 0.15) is 26.3 Å². The van der Waals surface area contributed by atoms with Crippen LogP contribution in [0.25, 0.3) is 0 Å². The van der Waals surface area contributed by atoms with Crippen molar-refractivity contribution in [3.8, 4) is 0 Å². The first-order chi connectivity index (χ1) is 9.54. The quantitative estimate of drug-likeness (QED) is 0.463. The Hall–Kier alpha value is -1.76. The molecule has 0 N–H and O–H groups in total. The fraction of sp³-hybridized carbons (Fsp3) is 0.0667. The van der Waals surface area contributed by atoms with Crippen molar-refractivity contribution >= 4 is 34.3 Å². The summed E-state index contributed by atoms with van der Waals surface area (Å²) in [6.45, 7) is 0. The van der Waals surface area contributed by atoms with Crippen molar-refractivity contribution in [3.05, 3.63) is 68.5 Å². The van der Waals surface area contributed by atoms with E-state index in [2.05, 4.69) is 4.74 Å². The lowest BCUT2D eigenvalue weighted by molar-refractivity contribution is 0.0600. The highest BCUT2D eigenvalue weighted by molar-refractivity contribution is 14.1. The number of halogens is 2. The number of hydrogen-bond acceptors (Lipinski definition) is 3. The van der Waals surface area contributed by atoms with Crippen LogP contribution in [0.2, 0.25) is 0 Å². The Kier molecular flexibility index (Phi) is 4.49. The number of rotatable bonds is 3. The van der Waals surface area contributed by atoms with Crippen LogP contribution in [0.15, 0.2) is 42.5 Å². The maximum atomic E-state index is 13.7. The minimum atomic E-state index is -0.586. The second-order valence-corrected chi connectivity index (χ2v) is 5.16. The molecule has 0 saturated heterocycles. The minimum Gasteiger partial charge on any atom is -0.465 e. The third-order valence-corrected chi connectivity index (χ3v) is 3.69. The summed E-state index contributed by atoms with van der Waals surface area (Å²) in [4.78, 5) is 23.8. The Balaban J connectivity index is 2.49. The van der Waals surface area contributed by atoms with Crippen LogP contribution in [0.3, 0.4) is 0 Å². The molecule has 0 aromatic heterocycles. The number of hydrogen-bond donors (Lipinski definition) is 0. The third kappa shape index (κ3) is 2.87. The molecule has 0 amide bonds. The Morgan fingerprint density at radius 1 is 1.10 bits per heavy atom. The molecule has 0 aliphatic carbocycles. The number of benzene rings is 2. The van der Waals surface area contributed by atoms with Gasteiger partial charge in [0.2, 0.25) is 0 Å². The predicted molar refractivity (Wildman–Crippen MR) is 80.3 cm³/mol. The summed E-state index contributed by atoms with van der Waals surface area (Å²) in [5.41, 5.74) is 0.513. The van der Waals surface area contributed by atoms with Crippen molar-refractivity contribution in [2.24, 2.45) is 0 Å². The van der Waals surface area contributed by atoms with Crippen LogP contribution >= 0.6 is 22.6 Å². The molecule has 2 rings (SSSR count). The first-order valence-electron chi connectivity index (χ1n) is 5.71. The van der Waals surface area contributed by atoms with Gasteiger partial charge in [-0.15, -0.1) is 0 Å². The molecule has 0 unspecified atom stereocenters. The lowest BCUT2D eigenvalue weighted by Gasteiger charge is -2.07. The molecule has 0 saturated carbocycles. The molecular weight excluding hydrogens is 374 g/mol. The number of carbonyl (C=O) groups excluding carboxylic acids is 2. The average Bonchev–Trinajstić information content (AvgIpc) is 2.46. The maximum Gasteiger partial charge on any atom is 0.337 e. The molecule has 102 valence electrons. The van der Waals surface area contributed by atoms with Gasteiger partial charge in [0.05, 0.1) is 18.2 Å². The smallest absolute Gasteiger partial charge is 0.337 e. The van der Waals surface area contributed by atoms with Crippen molar-refractivity contribution in [1.29, 1.82) is 0 Å². The van der Waals surface area contributed by atoms with Gasteiger partial charge in [0.1, 0.15) is 5.82 Å². The van der Waals surface area contributed by atoms with E-state index in [1.165, 1.54) is 31.4 Å². The zero-order valence-corrected chi connectivity index (χ0v) is 12.7. The van der Waals surface area contributed by atoms with Gasteiger partial charge in [0.15, 0.2) is 5.78 Å². The fourth-order valence-electron chi connectivity index (χ4n) is 1.73. The number of esters is 1. The largest absolute Gasteiger partial charge is 0.465 e. The summed E-state index contributed by atoms with van der Waals surface area (Å²) in [5.74, 6) is -1.58. The van der Waals surface area contributed by atoms with Gasteiger partial charge in [-0.2, -0.15) is 0 Å². The van der Waals surface area contributed by atoms with Crippen LogP contribution in [0.4, 0.5) is 4.39 Å². The molecule has 0 fully saturated rings. The highest BCUT2D eigenvalue weighted by atomic mass is 127. The summed E-state index contributed by atoms with van der Waals surface area (Å²) < 4.78 is 18.9. The number of carbonyl (C=O) groups is 2. The number of methoxy groups -OCH3 is 1. The monoisotopic (exact) mass is 384 g/mol. The molecule has 2 aromatic rings. The van der Waals surface area contributed by atoms with Gasteiger partial charge in [-0.3, -0.25) is 4.79 Å². The van der Waals surface area contributed by atoms with E-state index in [9.17, 15) is 14.0 Å². The molecule has 5 heteroatoms. The summed E-state index contributed by atoms with van der Waals surface area (Å²) >= 11 is 1.97. The Bertz CT molecular complexity index is 683. The Morgan fingerprint density at radius 3 is 2.45 bits per heavy atom. The molecule has 0 radical (unpaired) electrons. The standard InChI is InChI=1S/C15H10FIO3/c1-20-15(19)9-6-7-13(17)11(8-9)14(18)10-4-2-3-5-12(10)16/h2-8H,1H3. The third-order valence-electron chi connectivity index (χ3n) is 2.75. The van der Waals surface area contributed by atoms with Crippen molar-refractivity contribution in [3.63, 3.8) is 0 Å². The second kappa shape index (κ2) is 6.13. The topological polar surface area (TPSA) is 43.4 Å². The molecule has 20 heavy (non-hydrogen) atoms. The summed E-state index contributed by atoms with van der Waals surface area (Å²) in [6.07, 6.45) is 0. The molecule has 0 heterocycles. The van der Waals surface area contributed by atoms with E-state index < -0.39 is 17.6 Å². The molecule has 0 atom stereocenters. The van der Waals surface area contributed by atoms with Crippen LogP contribution in [0, 0.1) is 9.39 Å². The van der Waals surface area contributed by atoms with Crippen molar-refractivity contribution in [1.82, 2.24) is 0 Å². The van der Waals surface area contributed by atoms with E-state index >= 15 is 0 Å². The van der Waals surface area contributed by atoms with Crippen LogP contribution < -0.4 is 0 Å². The molecular formula is C15H10FIO3. The Labute approximate surface area is 128 Å². The molecule has 0 spiro atoms. The first kappa shape index (κ1) is 14.6. The van der Waals surface area contributed by atoms with Gasteiger partial charge in [0.25, 0.3) is 0 Å². The van der Waals surface area contributed by atoms with Crippen LogP contribution in [0.5, 0.6) is 0 Å². The average molecular weight is 384 g/mol. The fourth-order valence-corrected chi connectivity index (χ4v) is 2.31. The van der Waals surface area contributed by atoms with Gasteiger partial charge in [-0.1, -0.05) is 12.1 Å². The lowest BCUT2D eigenvalue weighted by atomic mass is 10.0. The molecule has 0 aliphatic rings. The minimum absolute atomic E-state index is 0.0209. The zero-order valence-electron chi connectivity index (χ0n) is 10.5. The van der Waals surface area contributed by atoms with E-state index in [1.54, 1.807) is 18.2 Å². The lowest BCUT2D eigenvalue weighted by Crippen LogP contribution is -2.09. The van der Waals surface area contributed by atoms with Crippen molar-refractivity contribution < 1.29 is 18.7 Å². The highest BCUT2D eigenvalue weighted by Gasteiger charge is 2.18. The summed E-state index contributed by atoms with van der Waals surface area (Å²) in [5, 5.41) is 0. The molecule has 0 bridgehead atoms. The van der Waals surface area contributed by atoms with Gasteiger partial charge >= 0.3 is 5.97 Å². The number of ketones is 1. The zero-order chi connectivity index (χ0) is 14.7. The molecule has 0 aliphatic heterocycles. The van der Waals surface area contributed by atoms with Crippen LogP contribution in [-0.4, -0.2) is 18.9 Å². The summed E-state index contributed by atoms with van der Waals surface area (Å²) in [7, 11) is 1.26. The normalized spacial score (nSPS) is 10.2. The van der Waals surface area contributed by atoms with Gasteiger partial charge in [0, 0.05) is 9.13 Å². The molecule has 2 aromatic carbocycles. The summed E-state index contributed by atoms with van der Waals surface area (Å²) in [6, 6.07) is 10.4. The first-order valence-corrected chi connectivity index (χ1v) is 6.79. The number of ether oxygens (including phenoxy) is 1. The van der Waals surface area contributed by atoms with E-state index in [0.29, 0.717) is 3.57 Å². The van der Waals surface area contributed by atoms with E-state index in [-0.39, 0.29) is 16.7 Å². The SMILES string of the molecule is COC(=O)c1ccc(I)c(C(=O)c2ccccc2F)c1. The predicted octanol–water partition coefficient (Wildman–Crippen LogP) is 3.45. The van der Waals surface area contributed by atoms with Crippen LogP contribution in [-0.2, 0) is 4.74 Å². The van der Waals surface area contributed by atoms with Gasteiger partial charge < -0.3 is 4.74 Å². The van der Waals surface area contributed by atoms with E-state index in [1.807, 2.05) is 22.6 Å². The second-order valence-electron chi connectivity index (χ2n) is 4.00. The van der Waals surface area contributed by atoms with E-state index in [0.717, 1.165) is 0 Å². The van der Waals surface area contributed by atoms with Crippen molar-refractivity contribution in [2.75, 3.05) is 7.11 Å². The Morgan fingerprint density at radius 2 is 1.80 bits per heavy atom. The molecule has 3 nitrogen and oxygen atoms in total. The van der Waals surface area contributed by atoms with Gasteiger partial charge in [-0.25, -0.2) is 9.18 Å². The highest BCUT2D eigenvalue weighted by Crippen LogP contribution is 2.20. The van der Waals surface area contributed by atoms with Crippen molar-refractivity contribution in [2.45, 2.75) is 0 Å². The van der Waals surface area contributed by atoms with Gasteiger partial charge in [-0.05, 0) is 52.9 Å². The maximum absolute atomic E-state index is 13.7. The van der Waals surface area contributed by atoms with E-state index in [4.69, 9.17) is 0 Å².